The first-order valence-corrected chi connectivity index (χ1v) is 9.58. The number of aryl methyl sites for hydroxylation is 1. The molecule has 1 heterocycles. The molecule has 0 aliphatic rings. The van der Waals surface area contributed by atoms with Gasteiger partial charge in [0.15, 0.2) is 0 Å². The summed E-state index contributed by atoms with van der Waals surface area (Å²) in [4.78, 5) is 12.4. The molecule has 0 atom stereocenters. The molecule has 3 rings (SSSR count). The number of methoxy groups -OCH3 is 2. The van der Waals surface area contributed by atoms with Crippen LogP contribution >= 0.6 is 23.4 Å². The molecule has 10 heteroatoms. The standard InChI is InChI=1S/C18H18ClN5O3S/c1-11-6-4-5-7-14(11)24-18(21-22-23-24)28-10-17(25)20-13-8-12(19)15(26-2)9-16(13)27-3/h4-9H,10H2,1-3H3,(H,20,25). The summed E-state index contributed by atoms with van der Waals surface area (Å²) >= 11 is 7.36. The fourth-order valence-electron chi connectivity index (χ4n) is 2.50. The van der Waals surface area contributed by atoms with Gasteiger partial charge in [-0.3, -0.25) is 4.79 Å². The number of nitrogens with zero attached hydrogens (tertiary/aromatic N) is 4. The van der Waals surface area contributed by atoms with Gasteiger partial charge in [0.25, 0.3) is 0 Å². The molecular weight excluding hydrogens is 402 g/mol. The minimum Gasteiger partial charge on any atom is -0.495 e. The lowest BCUT2D eigenvalue weighted by Gasteiger charge is -2.13. The fraction of sp³-hybridized carbons (Fsp3) is 0.222. The highest BCUT2D eigenvalue weighted by Crippen LogP contribution is 2.36. The quantitative estimate of drug-likeness (QED) is 0.587. The Kier molecular flexibility index (Phi) is 6.37. The average Bonchev–Trinajstić information content (AvgIpc) is 3.15. The summed E-state index contributed by atoms with van der Waals surface area (Å²) in [5.41, 5.74) is 2.34. The third kappa shape index (κ3) is 4.37. The van der Waals surface area contributed by atoms with Gasteiger partial charge < -0.3 is 14.8 Å². The van der Waals surface area contributed by atoms with Crippen molar-refractivity contribution in [3.05, 3.63) is 47.0 Å². The largest absolute Gasteiger partial charge is 0.495 e. The van der Waals surface area contributed by atoms with E-state index < -0.39 is 0 Å². The van der Waals surface area contributed by atoms with Gasteiger partial charge in [-0.15, -0.1) is 5.10 Å². The molecule has 0 unspecified atom stereocenters. The van der Waals surface area contributed by atoms with E-state index in [9.17, 15) is 4.79 Å². The molecule has 0 spiro atoms. The number of hydrogen-bond acceptors (Lipinski definition) is 7. The molecule has 2 aromatic carbocycles. The highest BCUT2D eigenvalue weighted by Gasteiger charge is 2.15. The molecule has 0 saturated carbocycles. The van der Waals surface area contributed by atoms with Crippen LogP contribution in [0.4, 0.5) is 5.69 Å². The number of halogens is 1. The zero-order valence-electron chi connectivity index (χ0n) is 15.5. The molecule has 28 heavy (non-hydrogen) atoms. The Hall–Kier alpha value is -2.78. The molecule has 3 aromatic rings. The van der Waals surface area contributed by atoms with Crippen molar-refractivity contribution in [1.82, 2.24) is 20.2 Å². The minimum atomic E-state index is -0.246. The molecule has 1 amide bonds. The van der Waals surface area contributed by atoms with Crippen molar-refractivity contribution in [2.45, 2.75) is 12.1 Å². The Morgan fingerprint density at radius 1 is 1.21 bits per heavy atom. The molecule has 0 bridgehead atoms. The minimum absolute atomic E-state index is 0.110. The molecule has 1 N–H and O–H groups in total. The first-order valence-electron chi connectivity index (χ1n) is 8.22. The summed E-state index contributed by atoms with van der Waals surface area (Å²) in [6.07, 6.45) is 0. The van der Waals surface area contributed by atoms with E-state index in [4.69, 9.17) is 21.1 Å². The van der Waals surface area contributed by atoms with Crippen molar-refractivity contribution in [3.8, 4) is 17.2 Å². The molecule has 8 nitrogen and oxygen atoms in total. The molecule has 0 fully saturated rings. The number of tetrazole rings is 1. The number of para-hydroxylation sites is 1. The Morgan fingerprint density at radius 2 is 1.96 bits per heavy atom. The molecule has 0 aliphatic carbocycles. The van der Waals surface area contributed by atoms with E-state index in [1.807, 2.05) is 31.2 Å². The van der Waals surface area contributed by atoms with Crippen LogP contribution in [0.25, 0.3) is 5.69 Å². The Labute approximate surface area is 171 Å². The molecule has 0 radical (unpaired) electrons. The van der Waals surface area contributed by atoms with Gasteiger partial charge in [0.2, 0.25) is 11.1 Å². The smallest absolute Gasteiger partial charge is 0.234 e. The van der Waals surface area contributed by atoms with E-state index >= 15 is 0 Å². The number of amides is 1. The SMILES string of the molecule is COc1cc(OC)c(NC(=O)CSc2nnnn2-c2ccccc2C)cc1Cl. The van der Waals surface area contributed by atoms with Gasteiger partial charge in [-0.05, 0) is 35.0 Å². The third-order valence-corrected chi connectivity index (χ3v) is 5.08. The van der Waals surface area contributed by atoms with Crippen molar-refractivity contribution < 1.29 is 14.3 Å². The summed E-state index contributed by atoms with van der Waals surface area (Å²) in [5, 5.41) is 15.4. The van der Waals surface area contributed by atoms with Crippen LogP contribution in [-0.2, 0) is 4.79 Å². The lowest BCUT2D eigenvalue weighted by atomic mass is 10.2. The van der Waals surface area contributed by atoms with Crippen LogP contribution in [0.3, 0.4) is 0 Å². The lowest BCUT2D eigenvalue weighted by Crippen LogP contribution is -2.15. The molecule has 0 aliphatic heterocycles. The van der Waals surface area contributed by atoms with Crippen molar-refractivity contribution >= 4 is 35.0 Å². The van der Waals surface area contributed by atoms with Crippen molar-refractivity contribution in [2.24, 2.45) is 0 Å². The summed E-state index contributed by atoms with van der Waals surface area (Å²) in [6, 6.07) is 10.9. The maximum atomic E-state index is 12.4. The third-order valence-electron chi connectivity index (χ3n) is 3.86. The first kappa shape index (κ1) is 20.0. The number of benzene rings is 2. The van der Waals surface area contributed by atoms with Crippen LogP contribution in [0.5, 0.6) is 11.5 Å². The van der Waals surface area contributed by atoms with Crippen LogP contribution < -0.4 is 14.8 Å². The maximum Gasteiger partial charge on any atom is 0.234 e. The van der Waals surface area contributed by atoms with Crippen LogP contribution in [0, 0.1) is 6.92 Å². The van der Waals surface area contributed by atoms with Crippen LogP contribution in [-0.4, -0.2) is 46.1 Å². The fourth-order valence-corrected chi connectivity index (χ4v) is 3.42. The van der Waals surface area contributed by atoms with E-state index in [0.29, 0.717) is 27.4 Å². The van der Waals surface area contributed by atoms with Crippen molar-refractivity contribution in [1.29, 1.82) is 0 Å². The molecule has 146 valence electrons. The van der Waals surface area contributed by atoms with Gasteiger partial charge >= 0.3 is 0 Å². The van der Waals surface area contributed by atoms with E-state index in [0.717, 1.165) is 11.3 Å². The first-order chi connectivity index (χ1) is 13.5. The Morgan fingerprint density at radius 3 is 2.68 bits per heavy atom. The number of ether oxygens (including phenoxy) is 2. The van der Waals surface area contributed by atoms with Gasteiger partial charge in [0, 0.05) is 6.07 Å². The zero-order valence-corrected chi connectivity index (χ0v) is 17.0. The van der Waals surface area contributed by atoms with E-state index in [1.165, 1.54) is 26.0 Å². The molecular formula is C18H18ClN5O3S. The van der Waals surface area contributed by atoms with Crippen LogP contribution in [0.15, 0.2) is 41.6 Å². The number of carbonyl (C=O) groups excluding carboxylic acids is 1. The normalized spacial score (nSPS) is 10.6. The van der Waals surface area contributed by atoms with Crippen molar-refractivity contribution in [2.75, 3.05) is 25.3 Å². The van der Waals surface area contributed by atoms with Crippen LogP contribution in [0.2, 0.25) is 5.02 Å². The number of rotatable bonds is 7. The predicted octanol–water partition coefficient (Wildman–Crippen LogP) is 3.37. The summed E-state index contributed by atoms with van der Waals surface area (Å²) < 4.78 is 12.1. The highest BCUT2D eigenvalue weighted by atomic mass is 35.5. The van der Waals surface area contributed by atoms with E-state index in [-0.39, 0.29) is 11.7 Å². The number of carbonyl (C=O) groups is 1. The topological polar surface area (TPSA) is 91.2 Å². The average molecular weight is 420 g/mol. The highest BCUT2D eigenvalue weighted by molar-refractivity contribution is 7.99. The maximum absolute atomic E-state index is 12.4. The molecule has 0 saturated heterocycles. The second-order valence-electron chi connectivity index (χ2n) is 5.68. The lowest BCUT2D eigenvalue weighted by molar-refractivity contribution is -0.113. The number of hydrogen-bond donors (Lipinski definition) is 1. The number of anilines is 1. The van der Waals surface area contributed by atoms with Gasteiger partial charge in [0.1, 0.15) is 11.5 Å². The van der Waals surface area contributed by atoms with Crippen LogP contribution in [0.1, 0.15) is 5.56 Å². The van der Waals surface area contributed by atoms with E-state index in [1.54, 1.807) is 16.8 Å². The van der Waals surface area contributed by atoms with Gasteiger partial charge in [-0.2, -0.15) is 4.68 Å². The van der Waals surface area contributed by atoms with Gasteiger partial charge in [0.05, 0.1) is 36.4 Å². The van der Waals surface area contributed by atoms with Gasteiger partial charge in [-0.25, -0.2) is 0 Å². The molecule has 1 aromatic heterocycles. The summed E-state index contributed by atoms with van der Waals surface area (Å²) in [5.74, 6) is 0.774. The summed E-state index contributed by atoms with van der Waals surface area (Å²) in [7, 11) is 3.01. The Bertz CT molecular complexity index is 995. The number of thioether (sulfide) groups is 1. The van der Waals surface area contributed by atoms with Crippen molar-refractivity contribution in [3.63, 3.8) is 0 Å². The predicted molar refractivity (Wildman–Crippen MR) is 108 cm³/mol. The number of nitrogens with one attached hydrogen (secondary N) is 1. The summed E-state index contributed by atoms with van der Waals surface area (Å²) in [6.45, 7) is 1.97. The zero-order chi connectivity index (χ0) is 20.1. The second-order valence-corrected chi connectivity index (χ2v) is 7.03. The number of aromatic nitrogens is 4. The van der Waals surface area contributed by atoms with Gasteiger partial charge in [-0.1, -0.05) is 41.6 Å². The second kappa shape index (κ2) is 8.94. The van der Waals surface area contributed by atoms with E-state index in [2.05, 4.69) is 20.8 Å². The monoisotopic (exact) mass is 419 g/mol. The Balaban J connectivity index is 1.71.